The molecule has 0 fully saturated rings. The number of ether oxygens (including phenoxy) is 2. The van der Waals surface area contributed by atoms with E-state index < -0.39 is 6.10 Å². The van der Waals surface area contributed by atoms with Crippen molar-refractivity contribution in [1.29, 1.82) is 0 Å². The van der Waals surface area contributed by atoms with E-state index in [0.717, 1.165) is 0 Å². The molecular formula is C10H14O4. The Kier molecular flexibility index (Phi) is 3.19. The number of aliphatic hydroxyl groups excluding tert-OH is 1. The second-order valence-corrected chi connectivity index (χ2v) is 2.94. The standard InChI is InChI=1S/C10H14O4/c1-6(11)7-4-10(14-3)8(12)5-9(7)13-2/h4-6,11-12H,1-3H3. The number of hydrogen-bond donors (Lipinski definition) is 2. The minimum atomic E-state index is -0.667. The highest BCUT2D eigenvalue weighted by molar-refractivity contribution is 5.50. The van der Waals surface area contributed by atoms with E-state index in [-0.39, 0.29) is 5.75 Å². The van der Waals surface area contributed by atoms with Gasteiger partial charge < -0.3 is 19.7 Å². The average molecular weight is 198 g/mol. The van der Waals surface area contributed by atoms with E-state index in [2.05, 4.69) is 0 Å². The predicted molar refractivity (Wildman–Crippen MR) is 51.8 cm³/mol. The lowest BCUT2D eigenvalue weighted by Crippen LogP contribution is -1.97. The Morgan fingerprint density at radius 2 is 1.71 bits per heavy atom. The Hall–Kier alpha value is -1.42. The van der Waals surface area contributed by atoms with Gasteiger partial charge in [0.05, 0.1) is 20.3 Å². The quantitative estimate of drug-likeness (QED) is 0.772. The molecule has 14 heavy (non-hydrogen) atoms. The molecule has 0 bridgehead atoms. The van der Waals surface area contributed by atoms with E-state index in [1.165, 1.54) is 20.3 Å². The smallest absolute Gasteiger partial charge is 0.161 e. The lowest BCUT2D eigenvalue weighted by Gasteiger charge is -2.13. The van der Waals surface area contributed by atoms with Gasteiger partial charge in [-0.05, 0) is 13.0 Å². The van der Waals surface area contributed by atoms with Crippen molar-refractivity contribution in [3.63, 3.8) is 0 Å². The first-order valence-electron chi connectivity index (χ1n) is 4.23. The first-order chi connectivity index (χ1) is 6.60. The van der Waals surface area contributed by atoms with Crippen LogP contribution in [0.25, 0.3) is 0 Å². The van der Waals surface area contributed by atoms with Crippen molar-refractivity contribution < 1.29 is 19.7 Å². The topological polar surface area (TPSA) is 58.9 Å². The molecule has 78 valence electrons. The Morgan fingerprint density at radius 1 is 1.14 bits per heavy atom. The molecule has 0 aliphatic carbocycles. The number of aliphatic hydroxyl groups is 1. The molecule has 1 atom stereocenters. The van der Waals surface area contributed by atoms with Crippen LogP contribution in [-0.4, -0.2) is 24.4 Å². The molecule has 1 unspecified atom stereocenters. The van der Waals surface area contributed by atoms with Crippen molar-refractivity contribution in [3.05, 3.63) is 17.7 Å². The Balaban J connectivity index is 3.25. The van der Waals surface area contributed by atoms with Gasteiger partial charge in [-0.3, -0.25) is 0 Å². The monoisotopic (exact) mass is 198 g/mol. The van der Waals surface area contributed by atoms with Gasteiger partial charge in [0, 0.05) is 11.6 Å². The summed E-state index contributed by atoms with van der Waals surface area (Å²) in [5.41, 5.74) is 0.585. The number of phenols is 1. The summed E-state index contributed by atoms with van der Waals surface area (Å²) < 4.78 is 9.93. The Morgan fingerprint density at radius 3 is 2.14 bits per heavy atom. The predicted octanol–water partition coefficient (Wildman–Crippen LogP) is 1.46. The molecular weight excluding hydrogens is 184 g/mol. The molecule has 0 saturated carbocycles. The summed E-state index contributed by atoms with van der Waals surface area (Å²) >= 11 is 0. The largest absolute Gasteiger partial charge is 0.504 e. The maximum atomic E-state index is 9.44. The molecule has 0 aliphatic heterocycles. The van der Waals surface area contributed by atoms with Crippen molar-refractivity contribution in [3.8, 4) is 17.2 Å². The number of hydrogen-bond acceptors (Lipinski definition) is 4. The van der Waals surface area contributed by atoms with Crippen molar-refractivity contribution in [2.24, 2.45) is 0 Å². The molecule has 0 spiro atoms. The van der Waals surface area contributed by atoms with Gasteiger partial charge >= 0.3 is 0 Å². The summed E-state index contributed by atoms with van der Waals surface area (Å²) in [5, 5.41) is 18.9. The number of rotatable bonds is 3. The van der Waals surface area contributed by atoms with Gasteiger partial charge in [0.15, 0.2) is 11.5 Å². The van der Waals surface area contributed by atoms with Crippen molar-refractivity contribution >= 4 is 0 Å². The molecule has 0 radical (unpaired) electrons. The van der Waals surface area contributed by atoms with Crippen LogP contribution in [0, 0.1) is 0 Å². The van der Waals surface area contributed by atoms with Crippen LogP contribution in [0.4, 0.5) is 0 Å². The van der Waals surface area contributed by atoms with Crippen molar-refractivity contribution in [2.45, 2.75) is 13.0 Å². The average Bonchev–Trinajstić information content (AvgIpc) is 2.16. The van der Waals surface area contributed by atoms with Crippen LogP contribution in [-0.2, 0) is 0 Å². The first kappa shape index (κ1) is 10.7. The molecule has 0 amide bonds. The molecule has 0 aromatic heterocycles. The fraction of sp³-hybridized carbons (Fsp3) is 0.400. The SMILES string of the molecule is COc1cc(C(C)O)c(OC)cc1O. The van der Waals surface area contributed by atoms with Gasteiger partial charge in [-0.1, -0.05) is 0 Å². The van der Waals surface area contributed by atoms with Crippen molar-refractivity contribution in [1.82, 2.24) is 0 Å². The van der Waals surface area contributed by atoms with Crippen LogP contribution in [0.1, 0.15) is 18.6 Å². The third kappa shape index (κ3) is 1.90. The molecule has 1 rings (SSSR count). The van der Waals surface area contributed by atoms with E-state index in [4.69, 9.17) is 9.47 Å². The molecule has 0 aliphatic rings. The summed E-state index contributed by atoms with van der Waals surface area (Å²) in [5.74, 6) is 0.758. The van der Waals surface area contributed by atoms with Gasteiger partial charge in [0.1, 0.15) is 5.75 Å². The molecule has 0 heterocycles. The zero-order valence-corrected chi connectivity index (χ0v) is 8.44. The number of aromatic hydroxyl groups is 1. The molecule has 4 heteroatoms. The highest BCUT2D eigenvalue weighted by atomic mass is 16.5. The van der Waals surface area contributed by atoms with Gasteiger partial charge in [-0.15, -0.1) is 0 Å². The van der Waals surface area contributed by atoms with Crippen LogP contribution in [0.5, 0.6) is 17.2 Å². The summed E-state index contributed by atoms with van der Waals surface area (Å²) in [6.07, 6.45) is -0.667. The van der Waals surface area contributed by atoms with Crippen LogP contribution >= 0.6 is 0 Å². The van der Waals surface area contributed by atoms with Gasteiger partial charge in [0.25, 0.3) is 0 Å². The van der Waals surface area contributed by atoms with E-state index in [1.54, 1.807) is 13.0 Å². The van der Waals surface area contributed by atoms with Gasteiger partial charge in [-0.2, -0.15) is 0 Å². The Bertz CT molecular complexity index is 320. The molecule has 4 nitrogen and oxygen atoms in total. The van der Waals surface area contributed by atoms with E-state index in [0.29, 0.717) is 17.1 Å². The second-order valence-electron chi connectivity index (χ2n) is 2.94. The lowest BCUT2D eigenvalue weighted by atomic mass is 10.1. The molecule has 1 aromatic rings. The summed E-state index contributed by atoms with van der Waals surface area (Å²) in [4.78, 5) is 0. The highest BCUT2D eigenvalue weighted by Crippen LogP contribution is 2.36. The first-order valence-corrected chi connectivity index (χ1v) is 4.23. The number of phenolic OH excluding ortho intramolecular Hbond substituents is 1. The van der Waals surface area contributed by atoms with E-state index in [1.807, 2.05) is 0 Å². The normalized spacial score (nSPS) is 12.3. The van der Waals surface area contributed by atoms with E-state index >= 15 is 0 Å². The van der Waals surface area contributed by atoms with E-state index in [9.17, 15) is 10.2 Å². The van der Waals surface area contributed by atoms with Crippen LogP contribution < -0.4 is 9.47 Å². The second kappa shape index (κ2) is 4.19. The molecule has 2 N–H and O–H groups in total. The van der Waals surface area contributed by atoms with Crippen molar-refractivity contribution in [2.75, 3.05) is 14.2 Å². The van der Waals surface area contributed by atoms with Gasteiger partial charge in [-0.25, -0.2) is 0 Å². The third-order valence-corrected chi connectivity index (χ3v) is 1.98. The minimum absolute atomic E-state index is 0.00579. The minimum Gasteiger partial charge on any atom is -0.504 e. The lowest BCUT2D eigenvalue weighted by molar-refractivity contribution is 0.193. The third-order valence-electron chi connectivity index (χ3n) is 1.98. The fourth-order valence-corrected chi connectivity index (χ4v) is 1.23. The maximum absolute atomic E-state index is 9.44. The highest BCUT2D eigenvalue weighted by Gasteiger charge is 2.13. The van der Waals surface area contributed by atoms with Crippen LogP contribution in [0.2, 0.25) is 0 Å². The molecule has 0 saturated heterocycles. The van der Waals surface area contributed by atoms with Crippen LogP contribution in [0.3, 0.4) is 0 Å². The zero-order valence-electron chi connectivity index (χ0n) is 8.44. The number of methoxy groups -OCH3 is 2. The Labute approximate surface area is 82.7 Å². The summed E-state index contributed by atoms with van der Waals surface area (Å²) in [7, 11) is 2.93. The summed E-state index contributed by atoms with van der Waals surface area (Å²) in [6.45, 7) is 1.62. The zero-order chi connectivity index (χ0) is 10.7. The van der Waals surface area contributed by atoms with Crippen LogP contribution in [0.15, 0.2) is 12.1 Å². The maximum Gasteiger partial charge on any atom is 0.161 e. The summed E-state index contributed by atoms with van der Waals surface area (Å²) in [6, 6.07) is 2.97. The fourth-order valence-electron chi connectivity index (χ4n) is 1.23. The molecule has 1 aromatic carbocycles. The van der Waals surface area contributed by atoms with Gasteiger partial charge in [0.2, 0.25) is 0 Å². The number of benzene rings is 1.